The van der Waals surface area contributed by atoms with Gasteiger partial charge in [-0.05, 0) is 31.2 Å². The van der Waals surface area contributed by atoms with Crippen molar-refractivity contribution in [2.45, 2.75) is 37.4 Å². The van der Waals surface area contributed by atoms with Crippen LogP contribution in [0.1, 0.15) is 26.3 Å². The summed E-state index contributed by atoms with van der Waals surface area (Å²) in [6.45, 7) is 6.33. The molecule has 0 radical (unpaired) electrons. The summed E-state index contributed by atoms with van der Waals surface area (Å²) in [4.78, 5) is 4.47. The lowest BCUT2D eigenvalue weighted by Crippen LogP contribution is -2.30. The molecule has 0 aliphatic carbocycles. The number of nitrogens with one attached hydrogen (secondary N) is 2. The van der Waals surface area contributed by atoms with E-state index in [1.165, 1.54) is 15.5 Å². The molecule has 1 aromatic heterocycles. The lowest BCUT2D eigenvalue weighted by molar-refractivity contribution is 0.831. The highest BCUT2D eigenvalue weighted by Crippen LogP contribution is 2.38. The Morgan fingerprint density at radius 3 is 2.93 bits per heavy atom. The standard InChI is InChI=1S/C10H15N3S2/c1-4-7-5-14-9-8(7)12-10(13-15-9)11-6(2)3/h5-6H,4H2,1-3H3,(H2,11,12,13). The molecule has 0 unspecified atom stereocenters. The van der Waals surface area contributed by atoms with Gasteiger partial charge in [-0.2, -0.15) is 0 Å². The molecule has 0 spiro atoms. The molecule has 1 aromatic rings. The number of aryl methyl sites for hydroxylation is 1. The molecule has 15 heavy (non-hydrogen) atoms. The Labute approximate surface area is 98.5 Å². The average molecular weight is 241 g/mol. The molecule has 2 heterocycles. The Hall–Kier alpha value is -0.680. The molecule has 0 fully saturated rings. The zero-order valence-electron chi connectivity index (χ0n) is 9.13. The van der Waals surface area contributed by atoms with Crippen LogP contribution >= 0.6 is 23.3 Å². The van der Waals surface area contributed by atoms with E-state index in [1.54, 1.807) is 23.3 Å². The summed E-state index contributed by atoms with van der Waals surface area (Å²) in [5.41, 5.74) is 2.62. The zero-order valence-corrected chi connectivity index (χ0v) is 10.8. The maximum atomic E-state index is 4.47. The summed E-state index contributed by atoms with van der Waals surface area (Å²) >= 11 is 3.43. The van der Waals surface area contributed by atoms with Crippen molar-refractivity contribution in [1.82, 2.24) is 4.72 Å². The molecule has 1 aliphatic heterocycles. The van der Waals surface area contributed by atoms with E-state index in [0.29, 0.717) is 6.04 Å². The van der Waals surface area contributed by atoms with Crippen molar-refractivity contribution in [3.05, 3.63) is 10.9 Å². The fourth-order valence-electron chi connectivity index (χ4n) is 1.40. The summed E-state index contributed by atoms with van der Waals surface area (Å²) in [5.74, 6) is 0.871. The first kappa shape index (κ1) is 10.8. The van der Waals surface area contributed by atoms with E-state index < -0.39 is 0 Å². The van der Waals surface area contributed by atoms with Gasteiger partial charge in [0.25, 0.3) is 0 Å². The topological polar surface area (TPSA) is 36.4 Å². The van der Waals surface area contributed by atoms with Crippen molar-refractivity contribution >= 4 is 34.9 Å². The van der Waals surface area contributed by atoms with Crippen molar-refractivity contribution < 1.29 is 0 Å². The monoisotopic (exact) mass is 241 g/mol. The van der Waals surface area contributed by atoms with Crippen LogP contribution in [0.15, 0.2) is 14.6 Å². The molecular weight excluding hydrogens is 226 g/mol. The van der Waals surface area contributed by atoms with Crippen LogP contribution < -0.4 is 10.0 Å². The van der Waals surface area contributed by atoms with E-state index in [1.807, 2.05) is 0 Å². The number of nitrogens with zero attached hydrogens (tertiary/aromatic N) is 1. The van der Waals surface area contributed by atoms with Crippen LogP contribution in [-0.2, 0) is 6.42 Å². The number of hydrogen-bond acceptors (Lipinski definition) is 3. The van der Waals surface area contributed by atoms with Crippen molar-refractivity contribution in [2.75, 3.05) is 5.32 Å². The Kier molecular flexibility index (Phi) is 3.21. The number of aliphatic imine (C=N–C) groups is 1. The van der Waals surface area contributed by atoms with Gasteiger partial charge in [0, 0.05) is 18.0 Å². The molecule has 0 bridgehead atoms. The van der Waals surface area contributed by atoms with Gasteiger partial charge >= 0.3 is 0 Å². The molecular formula is C10H15N3S2. The van der Waals surface area contributed by atoms with Gasteiger partial charge in [-0.1, -0.05) is 6.92 Å². The van der Waals surface area contributed by atoms with E-state index in [-0.39, 0.29) is 0 Å². The van der Waals surface area contributed by atoms with Gasteiger partial charge in [0.2, 0.25) is 5.96 Å². The van der Waals surface area contributed by atoms with E-state index in [0.717, 1.165) is 12.4 Å². The number of rotatable bonds is 2. The van der Waals surface area contributed by atoms with Crippen LogP contribution in [0.2, 0.25) is 0 Å². The van der Waals surface area contributed by atoms with Crippen molar-refractivity contribution in [1.29, 1.82) is 0 Å². The number of guanidine groups is 1. The maximum Gasteiger partial charge on any atom is 0.206 e. The van der Waals surface area contributed by atoms with E-state index in [9.17, 15) is 0 Å². The number of fused-ring (bicyclic) bond motifs is 1. The predicted molar refractivity (Wildman–Crippen MR) is 68.9 cm³/mol. The quantitative estimate of drug-likeness (QED) is 0.781. The van der Waals surface area contributed by atoms with Crippen LogP contribution in [0.4, 0.5) is 5.69 Å². The summed E-state index contributed by atoms with van der Waals surface area (Å²) in [5, 5.41) is 5.57. The van der Waals surface area contributed by atoms with Gasteiger partial charge in [0.05, 0.1) is 5.69 Å². The fourth-order valence-corrected chi connectivity index (χ4v) is 3.27. The third kappa shape index (κ3) is 2.29. The first-order valence-corrected chi connectivity index (χ1v) is 6.78. The molecule has 3 nitrogen and oxygen atoms in total. The highest BCUT2D eigenvalue weighted by molar-refractivity contribution is 8.00. The lowest BCUT2D eigenvalue weighted by Gasteiger charge is -2.19. The molecule has 0 saturated carbocycles. The highest BCUT2D eigenvalue weighted by atomic mass is 32.2. The second kappa shape index (κ2) is 4.45. The van der Waals surface area contributed by atoms with E-state index in [2.05, 4.69) is 41.2 Å². The smallest absolute Gasteiger partial charge is 0.206 e. The van der Waals surface area contributed by atoms with Gasteiger partial charge in [-0.15, -0.1) is 11.3 Å². The lowest BCUT2D eigenvalue weighted by atomic mass is 10.2. The first-order valence-electron chi connectivity index (χ1n) is 5.08. The molecule has 0 saturated heterocycles. The molecule has 5 heteroatoms. The molecule has 2 N–H and O–H groups in total. The Bertz CT molecular complexity index is 369. The maximum absolute atomic E-state index is 4.47. The summed E-state index contributed by atoms with van der Waals surface area (Å²) in [6.07, 6.45) is 1.06. The summed E-state index contributed by atoms with van der Waals surface area (Å²) in [7, 11) is 0. The molecule has 0 amide bonds. The number of thiophene rings is 1. The van der Waals surface area contributed by atoms with Gasteiger partial charge < -0.3 is 5.32 Å². The van der Waals surface area contributed by atoms with Crippen molar-refractivity contribution in [2.24, 2.45) is 4.99 Å². The minimum Gasteiger partial charge on any atom is -0.324 e. The predicted octanol–water partition coefficient (Wildman–Crippen LogP) is 3.10. The molecule has 0 atom stereocenters. The van der Waals surface area contributed by atoms with Crippen LogP contribution in [-0.4, -0.2) is 12.0 Å². The minimum atomic E-state index is 0.311. The molecule has 0 aromatic carbocycles. The summed E-state index contributed by atoms with van der Waals surface area (Å²) < 4.78 is 4.51. The fraction of sp³-hybridized carbons (Fsp3) is 0.500. The van der Waals surface area contributed by atoms with Gasteiger partial charge in [0.1, 0.15) is 4.21 Å². The van der Waals surface area contributed by atoms with E-state index >= 15 is 0 Å². The largest absolute Gasteiger partial charge is 0.324 e. The number of hydrogen-bond donors (Lipinski definition) is 2. The van der Waals surface area contributed by atoms with Crippen molar-refractivity contribution in [3.63, 3.8) is 0 Å². The normalized spacial score (nSPS) is 17.5. The van der Waals surface area contributed by atoms with Gasteiger partial charge in [0.15, 0.2) is 0 Å². The van der Waals surface area contributed by atoms with Gasteiger partial charge in [-0.25, -0.2) is 4.99 Å². The highest BCUT2D eigenvalue weighted by Gasteiger charge is 2.18. The number of anilines is 1. The second-order valence-corrected chi connectivity index (χ2v) is 5.63. The third-order valence-electron chi connectivity index (χ3n) is 2.09. The summed E-state index contributed by atoms with van der Waals surface area (Å²) in [6, 6.07) is 0.311. The first-order chi connectivity index (χ1) is 7.20. The minimum absolute atomic E-state index is 0.311. The van der Waals surface area contributed by atoms with Crippen molar-refractivity contribution in [3.8, 4) is 0 Å². The second-order valence-electron chi connectivity index (χ2n) is 3.68. The van der Waals surface area contributed by atoms with E-state index in [4.69, 9.17) is 0 Å². The Morgan fingerprint density at radius 2 is 2.27 bits per heavy atom. The van der Waals surface area contributed by atoms with Crippen LogP contribution in [0.3, 0.4) is 0 Å². The SMILES string of the molecule is CCc1csc2c1NC(=NC(C)C)NS2. The zero-order chi connectivity index (χ0) is 10.8. The van der Waals surface area contributed by atoms with Crippen LogP contribution in [0.5, 0.6) is 0 Å². The Morgan fingerprint density at radius 1 is 1.47 bits per heavy atom. The third-order valence-corrected chi connectivity index (χ3v) is 4.13. The van der Waals surface area contributed by atoms with Crippen LogP contribution in [0, 0.1) is 0 Å². The Balaban J connectivity index is 2.24. The molecule has 1 aliphatic rings. The molecule has 2 rings (SSSR count). The van der Waals surface area contributed by atoms with Gasteiger partial charge in [-0.3, -0.25) is 4.72 Å². The molecule has 82 valence electrons. The average Bonchev–Trinajstić information content (AvgIpc) is 2.59. The van der Waals surface area contributed by atoms with Crippen LogP contribution in [0.25, 0.3) is 0 Å².